The fourth-order valence-electron chi connectivity index (χ4n) is 1.63. The van der Waals surface area contributed by atoms with Crippen LogP contribution in [0, 0.1) is 0 Å². The van der Waals surface area contributed by atoms with Gasteiger partial charge in [0.05, 0.1) is 11.6 Å². The number of benzene rings is 1. The highest BCUT2D eigenvalue weighted by molar-refractivity contribution is 7.09. The quantitative estimate of drug-likeness (QED) is 0.639. The predicted octanol–water partition coefficient (Wildman–Crippen LogP) is 1.74. The average Bonchev–Trinajstić information content (AvgIpc) is 2.91. The third-order valence-corrected chi connectivity index (χ3v) is 3.71. The molecule has 2 rings (SSSR count). The largest absolute Gasteiger partial charge is 0.508 e. The Morgan fingerprint density at radius 2 is 2.05 bits per heavy atom. The van der Waals surface area contributed by atoms with Crippen molar-refractivity contribution in [3.8, 4) is 11.5 Å². The molecule has 8 heteroatoms. The van der Waals surface area contributed by atoms with Gasteiger partial charge in [-0.1, -0.05) is 0 Å². The zero-order valence-corrected chi connectivity index (χ0v) is 11.7. The third kappa shape index (κ3) is 3.29. The van der Waals surface area contributed by atoms with Crippen LogP contribution in [-0.4, -0.2) is 32.2 Å². The van der Waals surface area contributed by atoms with Crippen LogP contribution in [0.1, 0.15) is 38.8 Å². The summed E-state index contributed by atoms with van der Waals surface area (Å²) in [5, 5.41) is 32.1. The molecular formula is C13H12N2O5S. The Kier molecular flexibility index (Phi) is 4.08. The first-order chi connectivity index (χ1) is 9.88. The van der Waals surface area contributed by atoms with Crippen molar-refractivity contribution in [1.29, 1.82) is 0 Å². The smallest absolute Gasteiger partial charge is 0.355 e. The van der Waals surface area contributed by atoms with Crippen LogP contribution < -0.4 is 5.32 Å². The number of carbonyl (C=O) groups is 2. The first-order valence-electron chi connectivity index (χ1n) is 5.90. The van der Waals surface area contributed by atoms with Gasteiger partial charge in [-0.3, -0.25) is 4.79 Å². The van der Waals surface area contributed by atoms with Gasteiger partial charge in [0.15, 0.2) is 5.69 Å². The molecule has 0 bridgehead atoms. The molecule has 21 heavy (non-hydrogen) atoms. The van der Waals surface area contributed by atoms with Crippen molar-refractivity contribution >= 4 is 23.2 Å². The Morgan fingerprint density at radius 3 is 2.67 bits per heavy atom. The van der Waals surface area contributed by atoms with Gasteiger partial charge < -0.3 is 20.6 Å². The van der Waals surface area contributed by atoms with Crippen LogP contribution in [0.15, 0.2) is 23.6 Å². The molecule has 1 atom stereocenters. The summed E-state index contributed by atoms with van der Waals surface area (Å²) in [7, 11) is 0. The van der Waals surface area contributed by atoms with Crippen molar-refractivity contribution in [2.24, 2.45) is 0 Å². The van der Waals surface area contributed by atoms with Crippen LogP contribution in [0.3, 0.4) is 0 Å². The molecule has 1 aromatic carbocycles. The van der Waals surface area contributed by atoms with Gasteiger partial charge in [0.2, 0.25) is 0 Å². The zero-order valence-electron chi connectivity index (χ0n) is 10.9. The minimum Gasteiger partial charge on any atom is -0.508 e. The highest BCUT2D eigenvalue weighted by Crippen LogP contribution is 2.24. The molecule has 1 heterocycles. The third-order valence-electron chi connectivity index (χ3n) is 2.68. The Morgan fingerprint density at radius 1 is 1.33 bits per heavy atom. The molecule has 0 aliphatic heterocycles. The number of thiazole rings is 1. The molecule has 0 fully saturated rings. The molecule has 4 N–H and O–H groups in total. The highest BCUT2D eigenvalue weighted by atomic mass is 32.1. The van der Waals surface area contributed by atoms with Gasteiger partial charge in [-0.2, -0.15) is 0 Å². The highest BCUT2D eigenvalue weighted by Gasteiger charge is 2.18. The Hall–Kier alpha value is -2.61. The molecule has 110 valence electrons. The van der Waals surface area contributed by atoms with Crippen molar-refractivity contribution in [3.63, 3.8) is 0 Å². The number of amides is 1. The maximum atomic E-state index is 12.0. The van der Waals surface area contributed by atoms with E-state index < -0.39 is 17.9 Å². The number of aromatic nitrogens is 1. The Labute approximate surface area is 123 Å². The fourth-order valence-corrected chi connectivity index (χ4v) is 2.43. The van der Waals surface area contributed by atoms with Crippen LogP contribution >= 0.6 is 11.3 Å². The summed E-state index contributed by atoms with van der Waals surface area (Å²) in [5.74, 6) is -2.14. The van der Waals surface area contributed by atoms with E-state index in [1.54, 1.807) is 6.92 Å². The second-order valence-corrected chi connectivity index (χ2v) is 5.16. The number of rotatable bonds is 4. The maximum absolute atomic E-state index is 12.0. The average molecular weight is 308 g/mol. The first-order valence-corrected chi connectivity index (χ1v) is 6.78. The van der Waals surface area contributed by atoms with Crippen LogP contribution in [0.4, 0.5) is 0 Å². The molecule has 0 aliphatic carbocycles. The lowest BCUT2D eigenvalue weighted by atomic mass is 10.1. The lowest BCUT2D eigenvalue weighted by Gasteiger charge is -2.12. The molecule has 1 aromatic heterocycles. The zero-order chi connectivity index (χ0) is 15.6. The molecule has 0 saturated heterocycles. The number of hydrogen-bond acceptors (Lipinski definition) is 6. The summed E-state index contributed by atoms with van der Waals surface area (Å²) < 4.78 is 0. The number of carbonyl (C=O) groups excluding carboxylic acids is 1. The predicted molar refractivity (Wildman–Crippen MR) is 74.7 cm³/mol. The minimum atomic E-state index is -1.14. The monoisotopic (exact) mass is 308 g/mol. The summed E-state index contributed by atoms with van der Waals surface area (Å²) in [6.45, 7) is 1.64. The van der Waals surface area contributed by atoms with E-state index in [9.17, 15) is 19.8 Å². The SMILES string of the molecule is CC(NC(=O)c1cc(O)ccc1O)c1nc(C(=O)O)cs1. The van der Waals surface area contributed by atoms with E-state index in [4.69, 9.17) is 5.11 Å². The molecule has 2 aromatic rings. The summed E-state index contributed by atoms with van der Waals surface area (Å²) in [5.41, 5.74) is -0.159. The number of phenolic OH excluding ortho intramolecular Hbond substituents is 2. The van der Waals surface area contributed by atoms with E-state index >= 15 is 0 Å². The normalized spacial score (nSPS) is 11.9. The first kappa shape index (κ1) is 14.8. The van der Waals surface area contributed by atoms with Gasteiger partial charge in [0.1, 0.15) is 16.5 Å². The molecule has 0 radical (unpaired) electrons. The van der Waals surface area contributed by atoms with E-state index in [-0.39, 0.29) is 22.8 Å². The van der Waals surface area contributed by atoms with Gasteiger partial charge in [-0.25, -0.2) is 9.78 Å². The Balaban J connectivity index is 2.14. The summed E-state index contributed by atoms with van der Waals surface area (Å²) in [6, 6.07) is 3.08. The van der Waals surface area contributed by atoms with Crippen LogP contribution in [0.25, 0.3) is 0 Å². The number of nitrogens with one attached hydrogen (secondary N) is 1. The van der Waals surface area contributed by atoms with Gasteiger partial charge in [-0.05, 0) is 25.1 Å². The summed E-state index contributed by atoms with van der Waals surface area (Å²) in [4.78, 5) is 26.7. The van der Waals surface area contributed by atoms with Crippen LogP contribution in [0.5, 0.6) is 11.5 Å². The van der Waals surface area contributed by atoms with E-state index in [2.05, 4.69) is 10.3 Å². The number of phenols is 2. The van der Waals surface area contributed by atoms with Crippen molar-refractivity contribution in [1.82, 2.24) is 10.3 Å². The second kappa shape index (κ2) is 5.80. The summed E-state index contributed by atoms with van der Waals surface area (Å²) >= 11 is 1.11. The molecule has 0 saturated carbocycles. The van der Waals surface area contributed by atoms with Crippen molar-refractivity contribution in [2.45, 2.75) is 13.0 Å². The van der Waals surface area contributed by atoms with E-state index in [1.807, 2.05) is 0 Å². The molecular weight excluding hydrogens is 296 g/mol. The number of aromatic carboxylic acids is 1. The fraction of sp³-hybridized carbons (Fsp3) is 0.154. The lowest BCUT2D eigenvalue weighted by molar-refractivity contribution is 0.0691. The van der Waals surface area contributed by atoms with Crippen LogP contribution in [0.2, 0.25) is 0 Å². The maximum Gasteiger partial charge on any atom is 0.355 e. The minimum absolute atomic E-state index is 0.0723. The van der Waals surface area contributed by atoms with Crippen LogP contribution in [-0.2, 0) is 0 Å². The number of aromatic hydroxyl groups is 2. The molecule has 7 nitrogen and oxygen atoms in total. The van der Waals surface area contributed by atoms with Crippen molar-refractivity contribution < 1.29 is 24.9 Å². The second-order valence-electron chi connectivity index (χ2n) is 4.27. The van der Waals surface area contributed by atoms with E-state index in [0.29, 0.717) is 5.01 Å². The Bertz CT molecular complexity index is 698. The number of nitrogens with zero attached hydrogens (tertiary/aromatic N) is 1. The lowest BCUT2D eigenvalue weighted by Crippen LogP contribution is -2.26. The number of hydrogen-bond donors (Lipinski definition) is 4. The number of carboxylic acids is 1. The number of carboxylic acid groups (broad SMARTS) is 1. The standard InChI is InChI=1S/C13H12N2O5S/c1-6(12-15-9(5-21-12)13(19)20)14-11(18)8-4-7(16)2-3-10(8)17/h2-6,16-17H,1H3,(H,14,18)(H,19,20). The van der Waals surface area contributed by atoms with Gasteiger partial charge in [0.25, 0.3) is 5.91 Å². The van der Waals surface area contributed by atoms with Gasteiger partial charge >= 0.3 is 5.97 Å². The molecule has 1 amide bonds. The van der Waals surface area contributed by atoms with Gasteiger partial charge in [-0.15, -0.1) is 11.3 Å². The van der Waals surface area contributed by atoms with E-state index in [1.165, 1.54) is 17.5 Å². The van der Waals surface area contributed by atoms with Crippen molar-refractivity contribution in [2.75, 3.05) is 0 Å². The van der Waals surface area contributed by atoms with Crippen molar-refractivity contribution in [3.05, 3.63) is 39.8 Å². The molecule has 1 unspecified atom stereocenters. The van der Waals surface area contributed by atoms with E-state index in [0.717, 1.165) is 17.4 Å². The van der Waals surface area contributed by atoms with Gasteiger partial charge in [0, 0.05) is 5.38 Å². The molecule has 0 aliphatic rings. The topological polar surface area (TPSA) is 120 Å². The summed E-state index contributed by atoms with van der Waals surface area (Å²) in [6.07, 6.45) is 0. The molecule has 0 spiro atoms.